The van der Waals surface area contributed by atoms with Crippen LogP contribution in [0.15, 0.2) is 30.3 Å². The van der Waals surface area contributed by atoms with Crippen molar-refractivity contribution in [1.29, 1.82) is 0 Å². The molecule has 1 saturated heterocycles. The zero-order valence-electron chi connectivity index (χ0n) is 29.1. The van der Waals surface area contributed by atoms with Crippen molar-refractivity contribution in [3.05, 3.63) is 69.5 Å². The minimum atomic E-state index is -2.13. The van der Waals surface area contributed by atoms with E-state index in [-0.39, 0.29) is 27.9 Å². The van der Waals surface area contributed by atoms with Crippen molar-refractivity contribution in [1.82, 2.24) is 4.98 Å². The number of hydrogen-bond donors (Lipinski definition) is 1. The van der Waals surface area contributed by atoms with Gasteiger partial charge in [0.05, 0.1) is 25.0 Å². The average Bonchev–Trinajstić information content (AvgIpc) is 2.95. The van der Waals surface area contributed by atoms with Crippen LogP contribution in [0.1, 0.15) is 138 Å². The van der Waals surface area contributed by atoms with E-state index in [0.717, 1.165) is 67.8 Å². The highest BCUT2D eigenvalue weighted by molar-refractivity contribution is 6.74. The molecule has 3 heterocycles. The molecule has 0 amide bonds. The van der Waals surface area contributed by atoms with Gasteiger partial charge in [-0.15, -0.1) is 0 Å². The van der Waals surface area contributed by atoms with Crippen molar-refractivity contribution in [3.8, 4) is 0 Å². The fourth-order valence-corrected chi connectivity index (χ4v) is 8.18. The fourth-order valence-electron chi connectivity index (χ4n) is 6.92. The van der Waals surface area contributed by atoms with Crippen LogP contribution in [-0.2, 0) is 25.7 Å². The highest BCUT2D eigenvalue weighted by Crippen LogP contribution is 2.52. The fraction of sp³-hybridized carbons (Fsp3) is 0.658. The lowest BCUT2D eigenvalue weighted by atomic mass is 9.70. The molecule has 2 atom stereocenters. The Morgan fingerprint density at radius 3 is 2.20 bits per heavy atom. The molecule has 1 aromatic carbocycles. The second kappa shape index (κ2) is 12.4. The Morgan fingerprint density at radius 2 is 1.64 bits per heavy atom. The van der Waals surface area contributed by atoms with Gasteiger partial charge in [-0.2, -0.15) is 0 Å². The normalized spacial score (nSPS) is 22.3. The molecule has 3 aliphatic rings. The number of hydrogen-bond acceptors (Lipinski definition) is 5. The Bertz CT molecular complexity index is 1360. The Labute approximate surface area is 267 Å². The molecular weight excluding hydrogens is 563 g/mol. The molecule has 1 aromatic heterocycles. The van der Waals surface area contributed by atoms with Crippen molar-refractivity contribution >= 4 is 13.9 Å². The van der Waals surface area contributed by atoms with Crippen molar-refractivity contribution in [3.63, 3.8) is 0 Å². The first-order chi connectivity index (χ1) is 20.5. The molecule has 242 valence electrons. The van der Waals surface area contributed by atoms with Gasteiger partial charge in [0.25, 0.3) is 0 Å². The van der Waals surface area contributed by atoms with Crippen LogP contribution >= 0.6 is 0 Å². The summed E-state index contributed by atoms with van der Waals surface area (Å²) in [6.07, 6.45) is 5.89. The maximum absolute atomic E-state index is 12.5. The zero-order valence-corrected chi connectivity index (χ0v) is 30.1. The molecule has 2 aliphatic heterocycles. The molecule has 5 rings (SSSR count). The van der Waals surface area contributed by atoms with Crippen LogP contribution in [0.2, 0.25) is 18.1 Å². The number of aliphatic hydroxyl groups is 1. The number of aromatic nitrogens is 1. The van der Waals surface area contributed by atoms with Gasteiger partial charge in [-0.3, -0.25) is 4.98 Å². The van der Waals surface area contributed by atoms with E-state index in [0.29, 0.717) is 13.2 Å². The van der Waals surface area contributed by atoms with Gasteiger partial charge in [-0.25, -0.2) is 0 Å². The van der Waals surface area contributed by atoms with E-state index < -0.39 is 14.4 Å². The number of rotatable bonds is 6. The van der Waals surface area contributed by atoms with E-state index in [1.165, 1.54) is 22.3 Å². The summed E-state index contributed by atoms with van der Waals surface area (Å²) in [5.74, 6) is 0.247. The first-order valence-corrected chi connectivity index (χ1v) is 19.8. The maximum Gasteiger partial charge on any atom is 0.192 e. The number of fused-ring (bicyclic) bond motifs is 1. The number of benzene rings is 1. The summed E-state index contributed by atoms with van der Waals surface area (Å²) in [7, 11) is -2.13. The van der Waals surface area contributed by atoms with Gasteiger partial charge in [0.2, 0.25) is 0 Å². The minimum Gasteiger partial charge on any atom is -0.410 e. The van der Waals surface area contributed by atoms with Gasteiger partial charge in [0.15, 0.2) is 8.32 Å². The maximum atomic E-state index is 12.5. The van der Waals surface area contributed by atoms with Crippen LogP contribution in [0.25, 0.3) is 5.57 Å². The van der Waals surface area contributed by atoms with Crippen LogP contribution in [0.5, 0.6) is 0 Å². The first-order valence-electron chi connectivity index (χ1n) is 16.9. The molecule has 1 aliphatic carbocycles. The summed E-state index contributed by atoms with van der Waals surface area (Å²) in [5, 5.41) is 12.6. The minimum absolute atomic E-state index is 0.0449. The topological polar surface area (TPSA) is 60.8 Å². The smallest absolute Gasteiger partial charge is 0.192 e. The highest BCUT2D eigenvalue weighted by atomic mass is 28.4. The molecule has 0 saturated carbocycles. The third-order valence-electron chi connectivity index (χ3n) is 10.6. The molecule has 0 radical (unpaired) electrons. The lowest BCUT2D eigenvalue weighted by Crippen LogP contribution is -2.44. The molecule has 5 nitrogen and oxygen atoms in total. The molecule has 6 heteroatoms. The van der Waals surface area contributed by atoms with Crippen molar-refractivity contribution in [2.45, 2.75) is 129 Å². The van der Waals surface area contributed by atoms with Gasteiger partial charge < -0.3 is 19.0 Å². The lowest BCUT2D eigenvalue weighted by molar-refractivity contribution is 0.0828. The van der Waals surface area contributed by atoms with Gasteiger partial charge in [0, 0.05) is 36.0 Å². The quantitative estimate of drug-likeness (QED) is 0.327. The predicted octanol–water partition coefficient (Wildman–Crippen LogP) is 9.19. The second-order valence-electron chi connectivity index (χ2n) is 16.8. The van der Waals surface area contributed by atoms with Gasteiger partial charge in [0.1, 0.15) is 6.10 Å². The summed E-state index contributed by atoms with van der Waals surface area (Å²) in [6.45, 7) is 25.8. The monoisotopic (exact) mass is 619 g/mol. The summed E-state index contributed by atoms with van der Waals surface area (Å²) < 4.78 is 19.0. The average molecular weight is 620 g/mol. The van der Waals surface area contributed by atoms with E-state index in [9.17, 15) is 5.11 Å². The summed E-state index contributed by atoms with van der Waals surface area (Å²) in [4.78, 5) is 5.60. The Hall–Kier alpha value is -1.83. The van der Waals surface area contributed by atoms with E-state index in [1.54, 1.807) is 0 Å². The SMILES string of the molecule is CC1(C)Cc2nc(C3CCOCC3)c(C(O)c3ccc(C(C)(C)C)cc3)c(C3=CCOCC3)c2C(O[Si](C)(C)C(C)(C)C)C1. The number of aliphatic hydroxyl groups excluding tert-OH is 1. The molecular formula is C38H57NO4Si. The largest absolute Gasteiger partial charge is 0.410 e. The van der Waals surface area contributed by atoms with E-state index >= 15 is 0 Å². The number of nitrogens with zero attached hydrogens (tertiary/aromatic N) is 1. The lowest BCUT2D eigenvalue weighted by Gasteiger charge is -2.45. The van der Waals surface area contributed by atoms with E-state index in [1.807, 2.05) is 0 Å². The summed E-state index contributed by atoms with van der Waals surface area (Å²) in [6, 6.07) is 8.59. The molecule has 1 fully saturated rings. The zero-order chi connectivity index (χ0) is 32.1. The third-order valence-corrected chi connectivity index (χ3v) is 15.1. The second-order valence-corrected chi connectivity index (χ2v) is 21.5. The first kappa shape index (κ1) is 33.5. The molecule has 0 bridgehead atoms. The molecule has 2 unspecified atom stereocenters. The van der Waals surface area contributed by atoms with Crippen LogP contribution in [-0.4, -0.2) is 44.8 Å². The standard InChI is InChI=1S/C38H57NO4Si/c1-36(2,3)28-13-11-27(12-14-28)35(40)33-31(25-15-19-41-20-16-25)32-29(39-34(33)26-17-21-42-22-18-26)23-38(7,8)24-30(32)43-44(9,10)37(4,5)6/h11-15,26,30,35,40H,16-24H2,1-10H3. The molecule has 2 aromatic rings. The van der Waals surface area contributed by atoms with Gasteiger partial charge in [-0.05, 0) is 83.3 Å². The van der Waals surface area contributed by atoms with Crippen molar-refractivity contribution in [2.75, 3.05) is 26.4 Å². The van der Waals surface area contributed by atoms with E-state index in [4.69, 9.17) is 18.9 Å². The van der Waals surface area contributed by atoms with Crippen LogP contribution in [0.3, 0.4) is 0 Å². The summed E-state index contributed by atoms with van der Waals surface area (Å²) in [5.41, 5.74) is 9.17. The van der Waals surface area contributed by atoms with Gasteiger partial charge >= 0.3 is 0 Å². The van der Waals surface area contributed by atoms with Crippen LogP contribution in [0.4, 0.5) is 0 Å². The van der Waals surface area contributed by atoms with E-state index in [2.05, 4.69) is 98.8 Å². The Morgan fingerprint density at radius 1 is 0.977 bits per heavy atom. The van der Waals surface area contributed by atoms with Crippen molar-refractivity contribution in [2.24, 2.45) is 5.41 Å². The van der Waals surface area contributed by atoms with Crippen LogP contribution in [0, 0.1) is 5.41 Å². The number of pyridine rings is 1. The van der Waals surface area contributed by atoms with Crippen LogP contribution < -0.4 is 0 Å². The molecule has 0 spiro atoms. The Kier molecular flexibility index (Phi) is 9.45. The Balaban J connectivity index is 1.78. The highest BCUT2D eigenvalue weighted by Gasteiger charge is 2.45. The molecule has 1 N–H and O–H groups in total. The predicted molar refractivity (Wildman–Crippen MR) is 183 cm³/mol. The van der Waals surface area contributed by atoms with Gasteiger partial charge in [-0.1, -0.05) is 85.7 Å². The number of ether oxygens (including phenoxy) is 2. The molecule has 44 heavy (non-hydrogen) atoms. The summed E-state index contributed by atoms with van der Waals surface area (Å²) >= 11 is 0. The third kappa shape index (κ3) is 6.95. The van der Waals surface area contributed by atoms with Crippen molar-refractivity contribution < 1.29 is 19.0 Å².